The lowest BCUT2D eigenvalue weighted by Crippen LogP contribution is -2.47. The number of aldehydes is 1. The maximum atomic E-state index is 12.4. The molecule has 0 aliphatic carbocycles. The molecular formula is C26H27N3O3. The quantitative estimate of drug-likeness (QED) is 0.276. The molecule has 0 saturated heterocycles. The Morgan fingerprint density at radius 3 is 2.56 bits per heavy atom. The van der Waals surface area contributed by atoms with Crippen LogP contribution < -0.4 is 15.5 Å². The van der Waals surface area contributed by atoms with E-state index in [9.17, 15) is 9.59 Å². The highest BCUT2D eigenvalue weighted by Gasteiger charge is 2.19. The SMILES string of the molecule is CC(C=O)C(CN/N=C/C=C/c1ccccc1)NC(=O)COc1ccc2ccccc2c1. The van der Waals surface area contributed by atoms with E-state index in [-0.39, 0.29) is 18.4 Å². The van der Waals surface area contributed by atoms with Gasteiger partial charge in [0.25, 0.3) is 5.91 Å². The second kappa shape index (κ2) is 12.1. The van der Waals surface area contributed by atoms with Gasteiger partial charge in [0, 0.05) is 12.1 Å². The number of hydrogen-bond donors (Lipinski definition) is 2. The largest absolute Gasteiger partial charge is 0.484 e. The first-order chi connectivity index (χ1) is 15.7. The summed E-state index contributed by atoms with van der Waals surface area (Å²) in [7, 11) is 0. The van der Waals surface area contributed by atoms with Gasteiger partial charge >= 0.3 is 0 Å². The molecule has 0 aliphatic heterocycles. The molecule has 2 unspecified atom stereocenters. The molecule has 0 aromatic heterocycles. The van der Waals surface area contributed by atoms with Gasteiger partial charge in [-0.15, -0.1) is 0 Å². The van der Waals surface area contributed by atoms with Crippen LogP contribution in [0.3, 0.4) is 0 Å². The first kappa shape index (κ1) is 22.7. The first-order valence-electron chi connectivity index (χ1n) is 10.5. The third kappa shape index (κ3) is 7.09. The molecule has 0 fully saturated rings. The molecule has 32 heavy (non-hydrogen) atoms. The predicted molar refractivity (Wildman–Crippen MR) is 129 cm³/mol. The zero-order valence-electron chi connectivity index (χ0n) is 18.0. The Bertz CT molecular complexity index is 1080. The Hall–Kier alpha value is -3.93. The summed E-state index contributed by atoms with van der Waals surface area (Å²) in [4.78, 5) is 23.6. The van der Waals surface area contributed by atoms with Crippen LogP contribution in [0.1, 0.15) is 12.5 Å². The summed E-state index contributed by atoms with van der Waals surface area (Å²) in [6.45, 7) is 1.93. The van der Waals surface area contributed by atoms with E-state index in [2.05, 4.69) is 15.8 Å². The highest BCUT2D eigenvalue weighted by Crippen LogP contribution is 2.20. The average molecular weight is 430 g/mol. The Morgan fingerprint density at radius 1 is 1.03 bits per heavy atom. The fourth-order valence-electron chi connectivity index (χ4n) is 3.08. The molecule has 6 nitrogen and oxygen atoms in total. The van der Waals surface area contributed by atoms with Crippen molar-refractivity contribution in [1.82, 2.24) is 10.7 Å². The van der Waals surface area contributed by atoms with Crippen LogP contribution in [0.4, 0.5) is 0 Å². The molecule has 0 heterocycles. The van der Waals surface area contributed by atoms with Crippen molar-refractivity contribution in [3.05, 3.63) is 84.4 Å². The van der Waals surface area contributed by atoms with Gasteiger partial charge in [-0.2, -0.15) is 5.10 Å². The average Bonchev–Trinajstić information content (AvgIpc) is 2.84. The highest BCUT2D eigenvalue weighted by molar-refractivity contribution is 5.84. The number of carbonyl (C=O) groups excluding carboxylic acids is 2. The summed E-state index contributed by atoms with van der Waals surface area (Å²) >= 11 is 0. The summed E-state index contributed by atoms with van der Waals surface area (Å²) in [6, 6.07) is 23.1. The van der Waals surface area contributed by atoms with Gasteiger partial charge in [0.05, 0.1) is 12.6 Å². The van der Waals surface area contributed by atoms with E-state index < -0.39 is 6.04 Å². The van der Waals surface area contributed by atoms with Gasteiger partial charge in [0.2, 0.25) is 0 Å². The normalized spacial score (nSPS) is 13.2. The minimum atomic E-state index is -0.407. The zero-order chi connectivity index (χ0) is 22.6. The van der Waals surface area contributed by atoms with Gasteiger partial charge in [0.15, 0.2) is 6.61 Å². The fourth-order valence-corrected chi connectivity index (χ4v) is 3.08. The summed E-state index contributed by atoms with van der Waals surface area (Å²) in [5.74, 6) is -0.0550. The van der Waals surface area contributed by atoms with Crippen LogP contribution in [0.25, 0.3) is 16.8 Å². The molecule has 2 atom stereocenters. The van der Waals surface area contributed by atoms with Crippen LogP contribution in [-0.4, -0.2) is 37.6 Å². The minimum Gasteiger partial charge on any atom is -0.484 e. The van der Waals surface area contributed by atoms with Crippen LogP contribution in [0.15, 0.2) is 84.0 Å². The van der Waals surface area contributed by atoms with Gasteiger partial charge < -0.3 is 20.3 Å². The van der Waals surface area contributed by atoms with Crippen molar-refractivity contribution in [2.75, 3.05) is 13.2 Å². The monoisotopic (exact) mass is 429 g/mol. The summed E-state index contributed by atoms with van der Waals surface area (Å²) in [5, 5.41) is 9.10. The van der Waals surface area contributed by atoms with E-state index in [0.717, 1.165) is 22.6 Å². The van der Waals surface area contributed by atoms with Crippen LogP contribution in [0, 0.1) is 5.92 Å². The number of fused-ring (bicyclic) bond motifs is 1. The molecule has 2 N–H and O–H groups in total. The number of hydrazone groups is 1. The van der Waals surface area contributed by atoms with Crippen molar-refractivity contribution in [2.24, 2.45) is 11.0 Å². The number of benzene rings is 3. The lowest BCUT2D eigenvalue weighted by Gasteiger charge is -2.21. The number of rotatable bonds is 11. The third-order valence-electron chi connectivity index (χ3n) is 4.94. The smallest absolute Gasteiger partial charge is 0.258 e. The molecule has 3 aromatic carbocycles. The molecule has 0 radical (unpaired) electrons. The Labute approximate surface area is 188 Å². The Morgan fingerprint density at radius 2 is 1.78 bits per heavy atom. The van der Waals surface area contributed by atoms with E-state index in [1.165, 1.54) is 0 Å². The molecule has 164 valence electrons. The number of hydrogen-bond acceptors (Lipinski definition) is 5. The van der Waals surface area contributed by atoms with Crippen molar-refractivity contribution < 1.29 is 14.3 Å². The lowest BCUT2D eigenvalue weighted by molar-refractivity contribution is -0.124. The van der Waals surface area contributed by atoms with E-state index >= 15 is 0 Å². The van der Waals surface area contributed by atoms with Gasteiger partial charge in [-0.05, 0) is 34.5 Å². The molecule has 0 bridgehead atoms. The van der Waals surface area contributed by atoms with E-state index in [4.69, 9.17) is 4.74 Å². The minimum absolute atomic E-state index is 0.135. The standard InChI is InChI=1S/C26H27N3O3/c1-20(18-30)25(17-28-27-15-7-10-21-8-3-2-4-9-21)29-26(31)19-32-24-14-13-22-11-5-6-12-23(22)16-24/h2-16,18,20,25,28H,17,19H2,1H3,(H,29,31)/b10-7+,27-15+. The van der Waals surface area contributed by atoms with Crippen molar-refractivity contribution >= 4 is 35.3 Å². The van der Waals surface area contributed by atoms with Crippen LogP contribution in [0.2, 0.25) is 0 Å². The van der Waals surface area contributed by atoms with Crippen molar-refractivity contribution in [3.63, 3.8) is 0 Å². The molecular weight excluding hydrogens is 402 g/mol. The fraction of sp³-hybridized carbons (Fsp3) is 0.192. The predicted octanol–water partition coefficient (Wildman–Crippen LogP) is 3.83. The molecule has 0 spiro atoms. The van der Waals surface area contributed by atoms with Crippen molar-refractivity contribution in [1.29, 1.82) is 0 Å². The van der Waals surface area contributed by atoms with E-state index in [0.29, 0.717) is 12.3 Å². The second-order valence-electron chi connectivity index (χ2n) is 7.38. The summed E-state index contributed by atoms with van der Waals surface area (Å²) < 4.78 is 5.63. The van der Waals surface area contributed by atoms with Crippen LogP contribution >= 0.6 is 0 Å². The number of amides is 1. The Kier molecular flexibility index (Phi) is 8.57. The number of carbonyl (C=O) groups is 2. The molecule has 0 aliphatic rings. The van der Waals surface area contributed by atoms with Gasteiger partial charge in [-0.25, -0.2) is 0 Å². The number of ether oxygens (including phenoxy) is 1. The number of allylic oxidation sites excluding steroid dienone is 1. The molecule has 3 aromatic rings. The number of nitrogens with one attached hydrogen (secondary N) is 2. The Balaban J connectivity index is 1.47. The summed E-state index contributed by atoms with van der Waals surface area (Å²) in [5.41, 5.74) is 3.96. The zero-order valence-corrected chi connectivity index (χ0v) is 18.0. The maximum absolute atomic E-state index is 12.4. The lowest BCUT2D eigenvalue weighted by atomic mass is 10.0. The molecule has 6 heteroatoms. The first-order valence-corrected chi connectivity index (χ1v) is 10.5. The van der Waals surface area contributed by atoms with Gasteiger partial charge in [-0.1, -0.05) is 73.7 Å². The maximum Gasteiger partial charge on any atom is 0.258 e. The third-order valence-corrected chi connectivity index (χ3v) is 4.94. The number of nitrogens with zero attached hydrogens (tertiary/aromatic N) is 1. The molecule has 1 amide bonds. The van der Waals surface area contributed by atoms with Crippen LogP contribution in [-0.2, 0) is 9.59 Å². The molecule has 0 saturated carbocycles. The van der Waals surface area contributed by atoms with Crippen LogP contribution in [0.5, 0.6) is 5.75 Å². The van der Waals surface area contributed by atoms with Crippen molar-refractivity contribution in [2.45, 2.75) is 13.0 Å². The second-order valence-corrected chi connectivity index (χ2v) is 7.38. The summed E-state index contributed by atoms with van der Waals surface area (Å²) in [6.07, 6.45) is 6.19. The van der Waals surface area contributed by atoms with Gasteiger partial charge in [0.1, 0.15) is 12.0 Å². The van der Waals surface area contributed by atoms with E-state index in [1.807, 2.05) is 84.9 Å². The molecule has 3 rings (SSSR count). The highest BCUT2D eigenvalue weighted by atomic mass is 16.5. The van der Waals surface area contributed by atoms with Crippen molar-refractivity contribution in [3.8, 4) is 5.75 Å². The van der Waals surface area contributed by atoms with Gasteiger partial charge in [-0.3, -0.25) is 4.79 Å². The van der Waals surface area contributed by atoms with E-state index in [1.54, 1.807) is 13.1 Å². The topological polar surface area (TPSA) is 79.8 Å².